The maximum absolute atomic E-state index is 13.5. The maximum Gasteiger partial charge on any atom is 0.316 e. The van der Waals surface area contributed by atoms with E-state index in [0.717, 1.165) is 0 Å². The third-order valence-electron chi connectivity index (χ3n) is 2.77. The Morgan fingerprint density at radius 3 is 2.14 bits per heavy atom. The van der Waals surface area contributed by atoms with Gasteiger partial charge in [0.15, 0.2) is 0 Å². The molecule has 1 aliphatic rings. The molecular weight excluding hydrogens is 194 g/mol. The van der Waals surface area contributed by atoms with Crippen LogP contribution in [0.4, 0.5) is 8.78 Å². The quantitative estimate of drug-likeness (QED) is 0.764. The van der Waals surface area contributed by atoms with Crippen molar-refractivity contribution in [3.63, 3.8) is 0 Å². The molecule has 5 heteroatoms. The molecule has 80 valence electrons. The largest absolute Gasteiger partial charge is 0.481 e. The van der Waals surface area contributed by atoms with Crippen LogP contribution in [0, 0.1) is 11.3 Å². The van der Waals surface area contributed by atoms with E-state index in [2.05, 4.69) is 0 Å². The number of carbonyl (C=O) groups is 2. The predicted octanol–water partition coefficient (Wildman–Crippen LogP) is 1.71. The van der Waals surface area contributed by atoms with Crippen molar-refractivity contribution >= 4 is 11.8 Å². The number of alkyl halides is 2. The predicted molar refractivity (Wildman–Crippen MR) is 44.1 cm³/mol. The number of carboxylic acid groups (broad SMARTS) is 1. The van der Waals surface area contributed by atoms with Crippen LogP contribution >= 0.6 is 0 Å². The molecule has 0 aromatic rings. The second kappa shape index (κ2) is 3.00. The van der Waals surface area contributed by atoms with E-state index >= 15 is 0 Å². The Bertz CT molecular complexity index is 276. The minimum absolute atomic E-state index is 0.410. The number of carboxylic acids is 1. The van der Waals surface area contributed by atoms with Crippen molar-refractivity contribution in [1.82, 2.24) is 0 Å². The fourth-order valence-electron chi connectivity index (χ4n) is 1.70. The van der Waals surface area contributed by atoms with Gasteiger partial charge in [-0.15, -0.1) is 0 Å². The van der Waals surface area contributed by atoms with Crippen molar-refractivity contribution in [2.45, 2.75) is 32.6 Å². The average Bonchev–Trinajstić information content (AvgIpc) is 1.96. The molecule has 1 saturated carbocycles. The third-order valence-corrected chi connectivity index (χ3v) is 2.77. The van der Waals surface area contributed by atoms with Gasteiger partial charge in [-0.1, -0.05) is 13.8 Å². The summed E-state index contributed by atoms with van der Waals surface area (Å²) in [6.45, 7) is 2.51. The van der Waals surface area contributed by atoms with Crippen LogP contribution in [0.3, 0.4) is 0 Å². The van der Waals surface area contributed by atoms with Crippen LogP contribution in [0.2, 0.25) is 0 Å². The minimum Gasteiger partial charge on any atom is -0.481 e. The Labute approximate surface area is 80.1 Å². The summed E-state index contributed by atoms with van der Waals surface area (Å²) in [7, 11) is 0. The average molecular weight is 206 g/mol. The van der Waals surface area contributed by atoms with Gasteiger partial charge in [-0.3, -0.25) is 9.59 Å². The summed E-state index contributed by atoms with van der Waals surface area (Å²) in [5.74, 6) is -6.39. The topological polar surface area (TPSA) is 54.4 Å². The molecule has 0 saturated heterocycles. The molecule has 0 heterocycles. The van der Waals surface area contributed by atoms with Gasteiger partial charge in [-0.2, -0.15) is 0 Å². The molecular formula is C9H12F2O3. The number of rotatable bonds is 3. The molecule has 0 aromatic heterocycles. The molecule has 1 N–H and O–H groups in total. The Morgan fingerprint density at radius 2 is 1.93 bits per heavy atom. The van der Waals surface area contributed by atoms with Crippen molar-refractivity contribution < 1.29 is 23.5 Å². The molecule has 0 unspecified atom stereocenters. The summed E-state index contributed by atoms with van der Waals surface area (Å²) in [5.41, 5.74) is -2.15. The van der Waals surface area contributed by atoms with Crippen molar-refractivity contribution in [3.05, 3.63) is 0 Å². The first kappa shape index (κ1) is 11.1. The number of aliphatic carboxylic acids is 1. The Hall–Kier alpha value is -1.00. The standard InChI is InChI=1S/C9H12F2O3/c1-5(2)9(10,11)8(7(13)14)3-6(12)4-8/h5H,3-4H2,1-2H3,(H,13,14). The molecule has 0 bridgehead atoms. The lowest BCUT2D eigenvalue weighted by Crippen LogP contribution is -2.58. The zero-order valence-corrected chi connectivity index (χ0v) is 8.01. The molecule has 0 spiro atoms. The van der Waals surface area contributed by atoms with Gasteiger partial charge < -0.3 is 5.11 Å². The zero-order chi connectivity index (χ0) is 11.1. The fourth-order valence-corrected chi connectivity index (χ4v) is 1.70. The molecule has 1 rings (SSSR count). The lowest BCUT2D eigenvalue weighted by Gasteiger charge is -2.43. The van der Waals surface area contributed by atoms with Crippen LogP contribution in [-0.2, 0) is 9.59 Å². The fraction of sp³-hybridized carbons (Fsp3) is 0.778. The van der Waals surface area contributed by atoms with E-state index in [1.807, 2.05) is 0 Å². The van der Waals surface area contributed by atoms with Crippen molar-refractivity contribution in [1.29, 1.82) is 0 Å². The van der Waals surface area contributed by atoms with Crippen molar-refractivity contribution in [3.8, 4) is 0 Å². The van der Waals surface area contributed by atoms with Crippen molar-refractivity contribution in [2.75, 3.05) is 0 Å². The minimum atomic E-state index is -3.33. The number of ketones is 1. The molecule has 1 aliphatic carbocycles. The molecule has 14 heavy (non-hydrogen) atoms. The van der Waals surface area contributed by atoms with Gasteiger partial charge in [0.2, 0.25) is 0 Å². The Balaban J connectivity index is 3.01. The highest BCUT2D eigenvalue weighted by Crippen LogP contribution is 2.53. The van der Waals surface area contributed by atoms with Crippen molar-refractivity contribution in [2.24, 2.45) is 11.3 Å². The summed E-state index contributed by atoms with van der Waals surface area (Å²) < 4.78 is 27.1. The van der Waals surface area contributed by atoms with E-state index in [0.29, 0.717) is 0 Å². The Kier molecular flexibility index (Phi) is 2.37. The number of carbonyl (C=O) groups excluding carboxylic acids is 1. The van der Waals surface area contributed by atoms with Crippen LogP contribution in [0.15, 0.2) is 0 Å². The third kappa shape index (κ3) is 1.22. The van der Waals surface area contributed by atoms with Gasteiger partial charge in [0.05, 0.1) is 0 Å². The second-order valence-electron chi connectivity index (χ2n) is 4.06. The smallest absolute Gasteiger partial charge is 0.316 e. The number of halogens is 2. The van der Waals surface area contributed by atoms with E-state index in [1.165, 1.54) is 13.8 Å². The lowest BCUT2D eigenvalue weighted by molar-refractivity contribution is -0.209. The van der Waals surface area contributed by atoms with Crippen LogP contribution in [0.25, 0.3) is 0 Å². The summed E-state index contributed by atoms with van der Waals surface area (Å²) in [4.78, 5) is 21.5. The van der Waals surface area contributed by atoms with Crippen LogP contribution in [0.5, 0.6) is 0 Å². The van der Waals surface area contributed by atoms with E-state index < -0.39 is 41.8 Å². The van der Waals surface area contributed by atoms with Gasteiger partial charge in [-0.05, 0) is 0 Å². The van der Waals surface area contributed by atoms with Gasteiger partial charge in [0.1, 0.15) is 11.2 Å². The van der Waals surface area contributed by atoms with Crippen LogP contribution in [-0.4, -0.2) is 22.8 Å². The lowest BCUT2D eigenvalue weighted by atomic mass is 9.61. The highest BCUT2D eigenvalue weighted by molar-refractivity contribution is 5.97. The van der Waals surface area contributed by atoms with Gasteiger partial charge >= 0.3 is 5.97 Å². The normalized spacial score (nSPS) is 20.8. The maximum atomic E-state index is 13.5. The first-order valence-electron chi connectivity index (χ1n) is 4.37. The summed E-state index contributed by atoms with van der Waals surface area (Å²) in [6, 6.07) is 0. The van der Waals surface area contributed by atoms with Crippen LogP contribution in [0.1, 0.15) is 26.7 Å². The monoisotopic (exact) mass is 206 g/mol. The summed E-state index contributed by atoms with van der Waals surface area (Å²) in [6.07, 6.45) is -1.10. The molecule has 0 atom stereocenters. The Morgan fingerprint density at radius 1 is 1.50 bits per heavy atom. The molecule has 0 aromatic carbocycles. The van der Waals surface area contributed by atoms with Gasteiger partial charge in [-0.25, -0.2) is 8.78 Å². The molecule has 1 fully saturated rings. The van der Waals surface area contributed by atoms with Gasteiger partial charge in [0, 0.05) is 18.8 Å². The highest BCUT2D eigenvalue weighted by atomic mass is 19.3. The van der Waals surface area contributed by atoms with E-state index in [9.17, 15) is 18.4 Å². The van der Waals surface area contributed by atoms with Gasteiger partial charge in [0.25, 0.3) is 5.92 Å². The second-order valence-corrected chi connectivity index (χ2v) is 4.06. The van der Waals surface area contributed by atoms with E-state index in [1.54, 1.807) is 0 Å². The molecule has 0 amide bonds. The first-order valence-corrected chi connectivity index (χ1v) is 4.37. The molecule has 3 nitrogen and oxygen atoms in total. The van der Waals surface area contributed by atoms with E-state index in [-0.39, 0.29) is 0 Å². The molecule has 0 radical (unpaired) electrons. The molecule has 0 aliphatic heterocycles. The number of hydrogen-bond donors (Lipinski definition) is 1. The summed E-state index contributed by atoms with van der Waals surface area (Å²) in [5, 5.41) is 8.75. The van der Waals surface area contributed by atoms with E-state index in [4.69, 9.17) is 5.11 Å². The number of Topliss-reactive ketones (excluding diaryl/α,β-unsaturated/α-hetero) is 1. The SMILES string of the molecule is CC(C)C(F)(F)C1(C(=O)O)CC(=O)C1. The van der Waals surface area contributed by atoms with Crippen LogP contribution < -0.4 is 0 Å². The number of hydrogen-bond acceptors (Lipinski definition) is 2. The zero-order valence-electron chi connectivity index (χ0n) is 8.01. The highest BCUT2D eigenvalue weighted by Gasteiger charge is 2.67. The first-order chi connectivity index (χ1) is 6.24. The summed E-state index contributed by atoms with van der Waals surface area (Å²) >= 11 is 0.